The summed E-state index contributed by atoms with van der Waals surface area (Å²) in [6.45, 7) is 0. The number of nitrogens with zero attached hydrogens (tertiary/aromatic N) is 2. The van der Waals surface area contributed by atoms with Gasteiger partial charge in [-0.25, -0.2) is 13.9 Å². The number of hydrogen-bond donors (Lipinski definition) is 1. The smallest absolute Gasteiger partial charge is 0.356 e. The van der Waals surface area contributed by atoms with Crippen molar-refractivity contribution < 1.29 is 14.3 Å². The number of halogens is 1. The lowest BCUT2D eigenvalue weighted by molar-refractivity contribution is 0.0690. The number of carboxylic acid groups (broad SMARTS) is 1. The summed E-state index contributed by atoms with van der Waals surface area (Å²) in [4.78, 5) is 12.3. The van der Waals surface area contributed by atoms with Crippen LogP contribution in [0.25, 0.3) is 16.9 Å². The Morgan fingerprint density at radius 3 is 2.35 bits per heavy atom. The van der Waals surface area contributed by atoms with Crippen LogP contribution in [-0.2, 0) is 0 Å². The predicted molar refractivity (Wildman–Crippen MR) is 87.7 cm³/mol. The molecule has 23 heavy (non-hydrogen) atoms. The van der Waals surface area contributed by atoms with Gasteiger partial charge in [-0.2, -0.15) is 5.10 Å². The summed E-state index contributed by atoms with van der Waals surface area (Å²) in [5.41, 5.74) is 1.98. The first-order chi connectivity index (χ1) is 11.1. The van der Waals surface area contributed by atoms with Crippen LogP contribution in [-0.4, -0.2) is 27.1 Å². The minimum absolute atomic E-state index is 0.0572. The molecule has 0 aliphatic heterocycles. The molecule has 0 spiro atoms. The molecule has 116 valence electrons. The summed E-state index contributed by atoms with van der Waals surface area (Å²) in [6.07, 6.45) is 1.98. The van der Waals surface area contributed by atoms with Crippen LogP contribution >= 0.6 is 11.8 Å². The predicted octanol–water partition coefficient (Wildman–Crippen LogP) is 4.10. The summed E-state index contributed by atoms with van der Waals surface area (Å²) in [5.74, 6) is -1.45. The van der Waals surface area contributed by atoms with Crippen molar-refractivity contribution in [1.29, 1.82) is 0 Å². The van der Waals surface area contributed by atoms with Crippen LogP contribution in [0.4, 0.5) is 4.39 Å². The highest BCUT2D eigenvalue weighted by molar-refractivity contribution is 7.98. The van der Waals surface area contributed by atoms with Crippen LogP contribution < -0.4 is 0 Å². The Kier molecular flexibility index (Phi) is 4.16. The van der Waals surface area contributed by atoms with Crippen molar-refractivity contribution in [2.75, 3.05) is 6.26 Å². The monoisotopic (exact) mass is 328 g/mol. The van der Waals surface area contributed by atoms with Gasteiger partial charge in [0.1, 0.15) is 5.82 Å². The number of aromatic nitrogens is 2. The Morgan fingerprint density at radius 2 is 1.78 bits per heavy atom. The molecular formula is C17H13FN2O2S. The average Bonchev–Trinajstić information content (AvgIpc) is 3.01. The lowest BCUT2D eigenvalue weighted by Gasteiger charge is -2.08. The maximum atomic E-state index is 13.1. The Bertz CT molecular complexity index is 842. The van der Waals surface area contributed by atoms with Gasteiger partial charge in [0.05, 0.1) is 11.4 Å². The molecule has 1 aromatic heterocycles. The van der Waals surface area contributed by atoms with Gasteiger partial charge in [0.2, 0.25) is 0 Å². The first kappa shape index (κ1) is 15.3. The number of rotatable bonds is 4. The summed E-state index contributed by atoms with van der Waals surface area (Å²) in [7, 11) is 0. The van der Waals surface area contributed by atoms with Crippen LogP contribution in [0.1, 0.15) is 10.5 Å². The van der Waals surface area contributed by atoms with E-state index in [0.717, 1.165) is 10.6 Å². The molecule has 0 aliphatic rings. The standard InChI is InChI=1S/C17H13FN2O2S/c1-23-14-8-6-13(7-9-14)20-16(10-15(19-20)17(21)22)11-2-4-12(18)5-3-11/h2-10H,1H3,(H,21,22). The van der Waals surface area contributed by atoms with Crippen LogP contribution in [0.5, 0.6) is 0 Å². The zero-order chi connectivity index (χ0) is 16.4. The van der Waals surface area contributed by atoms with Gasteiger partial charge in [0, 0.05) is 10.5 Å². The zero-order valence-electron chi connectivity index (χ0n) is 12.2. The second-order valence-corrected chi connectivity index (χ2v) is 5.72. The fourth-order valence-electron chi connectivity index (χ4n) is 2.23. The second kappa shape index (κ2) is 6.26. The first-order valence-electron chi connectivity index (χ1n) is 6.82. The highest BCUT2D eigenvalue weighted by Crippen LogP contribution is 2.25. The molecule has 3 rings (SSSR count). The molecule has 0 amide bonds. The Labute approximate surface area is 136 Å². The molecule has 4 nitrogen and oxygen atoms in total. The maximum Gasteiger partial charge on any atom is 0.356 e. The van der Waals surface area contributed by atoms with E-state index in [2.05, 4.69) is 5.10 Å². The minimum Gasteiger partial charge on any atom is -0.476 e. The Morgan fingerprint density at radius 1 is 1.13 bits per heavy atom. The fraction of sp³-hybridized carbons (Fsp3) is 0.0588. The molecule has 1 N–H and O–H groups in total. The molecule has 0 radical (unpaired) electrons. The van der Waals surface area contributed by atoms with Crippen molar-refractivity contribution >= 4 is 17.7 Å². The average molecular weight is 328 g/mol. The van der Waals surface area contributed by atoms with E-state index in [1.54, 1.807) is 28.6 Å². The molecule has 6 heteroatoms. The van der Waals surface area contributed by atoms with Crippen LogP contribution in [0, 0.1) is 5.82 Å². The Balaban J connectivity index is 2.13. The quantitative estimate of drug-likeness (QED) is 0.733. The summed E-state index contributed by atoms with van der Waals surface area (Å²) in [6, 6.07) is 15.0. The van der Waals surface area contributed by atoms with Gasteiger partial charge in [-0.05, 0) is 60.9 Å². The van der Waals surface area contributed by atoms with Crippen molar-refractivity contribution in [3.05, 3.63) is 66.1 Å². The number of benzene rings is 2. The molecule has 0 atom stereocenters. The number of carboxylic acids is 1. The van der Waals surface area contributed by atoms with Crippen molar-refractivity contribution in [2.45, 2.75) is 4.90 Å². The van der Waals surface area contributed by atoms with Crippen molar-refractivity contribution in [3.8, 4) is 16.9 Å². The van der Waals surface area contributed by atoms with Gasteiger partial charge in [0.25, 0.3) is 0 Å². The van der Waals surface area contributed by atoms with E-state index in [1.165, 1.54) is 18.2 Å². The van der Waals surface area contributed by atoms with Crippen LogP contribution in [0.3, 0.4) is 0 Å². The topological polar surface area (TPSA) is 55.1 Å². The highest BCUT2D eigenvalue weighted by Gasteiger charge is 2.16. The SMILES string of the molecule is CSc1ccc(-n2nc(C(=O)O)cc2-c2ccc(F)cc2)cc1. The maximum absolute atomic E-state index is 13.1. The molecule has 0 aliphatic carbocycles. The van der Waals surface area contributed by atoms with E-state index < -0.39 is 5.97 Å². The first-order valence-corrected chi connectivity index (χ1v) is 8.04. The lowest BCUT2D eigenvalue weighted by Crippen LogP contribution is -2.02. The normalized spacial score (nSPS) is 10.7. The molecule has 0 fully saturated rings. The Hall–Kier alpha value is -2.60. The minimum atomic E-state index is -1.10. The number of hydrogen-bond acceptors (Lipinski definition) is 3. The summed E-state index contributed by atoms with van der Waals surface area (Å²) >= 11 is 1.62. The number of carbonyl (C=O) groups is 1. The zero-order valence-corrected chi connectivity index (χ0v) is 13.0. The van der Waals surface area contributed by atoms with E-state index in [0.29, 0.717) is 11.3 Å². The third-order valence-electron chi connectivity index (χ3n) is 3.39. The van der Waals surface area contributed by atoms with E-state index >= 15 is 0 Å². The van der Waals surface area contributed by atoms with Crippen molar-refractivity contribution in [2.24, 2.45) is 0 Å². The summed E-state index contributed by atoms with van der Waals surface area (Å²) in [5, 5.41) is 13.4. The van der Waals surface area contributed by atoms with E-state index in [4.69, 9.17) is 0 Å². The van der Waals surface area contributed by atoms with Crippen LogP contribution in [0.15, 0.2) is 59.5 Å². The third kappa shape index (κ3) is 3.12. The van der Waals surface area contributed by atoms with E-state index in [-0.39, 0.29) is 11.5 Å². The molecular weight excluding hydrogens is 315 g/mol. The van der Waals surface area contributed by atoms with Gasteiger partial charge in [-0.1, -0.05) is 0 Å². The van der Waals surface area contributed by atoms with Gasteiger partial charge < -0.3 is 5.11 Å². The summed E-state index contributed by atoms with van der Waals surface area (Å²) < 4.78 is 14.7. The highest BCUT2D eigenvalue weighted by atomic mass is 32.2. The molecule has 0 saturated carbocycles. The van der Waals surface area contributed by atoms with Crippen molar-refractivity contribution in [3.63, 3.8) is 0 Å². The lowest BCUT2D eigenvalue weighted by atomic mass is 10.1. The van der Waals surface area contributed by atoms with Gasteiger partial charge >= 0.3 is 5.97 Å². The second-order valence-electron chi connectivity index (χ2n) is 4.84. The van der Waals surface area contributed by atoms with Crippen molar-refractivity contribution in [1.82, 2.24) is 9.78 Å². The van der Waals surface area contributed by atoms with E-state index in [9.17, 15) is 14.3 Å². The molecule has 1 heterocycles. The van der Waals surface area contributed by atoms with E-state index in [1.807, 2.05) is 30.5 Å². The molecule has 0 bridgehead atoms. The van der Waals surface area contributed by atoms with Gasteiger partial charge in [-0.3, -0.25) is 0 Å². The molecule has 0 unspecified atom stereocenters. The fourth-order valence-corrected chi connectivity index (χ4v) is 2.64. The van der Waals surface area contributed by atoms with Crippen LogP contribution in [0.2, 0.25) is 0 Å². The number of aromatic carboxylic acids is 1. The van der Waals surface area contributed by atoms with Gasteiger partial charge in [-0.15, -0.1) is 11.8 Å². The van der Waals surface area contributed by atoms with Gasteiger partial charge in [0.15, 0.2) is 5.69 Å². The molecule has 0 saturated heterocycles. The third-order valence-corrected chi connectivity index (χ3v) is 4.13. The largest absolute Gasteiger partial charge is 0.476 e. The molecule has 3 aromatic rings. The molecule has 2 aromatic carbocycles. The number of thioether (sulfide) groups is 1.